The van der Waals surface area contributed by atoms with Gasteiger partial charge in [0.2, 0.25) is 11.7 Å². The minimum absolute atomic E-state index is 0.137. The van der Waals surface area contributed by atoms with E-state index in [1.54, 1.807) is 0 Å². The fourth-order valence-corrected chi connectivity index (χ4v) is 2.75. The molecule has 7 heteroatoms. The van der Waals surface area contributed by atoms with Gasteiger partial charge in [0.15, 0.2) is 23.3 Å². The van der Waals surface area contributed by atoms with Crippen LogP contribution in [0.2, 0.25) is 0 Å². The van der Waals surface area contributed by atoms with Crippen molar-refractivity contribution in [2.24, 2.45) is 5.92 Å². The Morgan fingerprint density at radius 3 is 2.00 bits per heavy atom. The summed E-state index contributed by atoms with van der Waals surface area (Å²) in [6.07, 6.45) is 2.76. The van der Waals surface area contributed by atoms with Crippen LogP contribution in [0.25, 0.3) is 0 Å². The van der Waals surface area contributed by atoms with E-state index < -0.39 is 47.0 Å². The van der Waals surface area contributed by atoms with Crippen LogP contribution in [0.4, 0.5) is 22.0 Å². The zero-order chi connectivity index (χ0) is 16.4. The van der Waals surface area contributed by atoms with Crippen molar-refractivity contribution in [3.63, 3.8) is 0 Å². The van der Waals surface area contributed by atoms with Crippen LogP contribution in [-0.2, 0) is 11.2 Å². The quantitative estimate of drug-likeness (QED) is 0.514. The molecule has 0 saturated heterocycles. The molecule has 1 aliphatic carbocycles. The normalized spacial score (nSPS) is 21.7. The number of carbonyl (C=O) groups is 1. The molecule has 0 bridgehead atoms. The Kier molecular flexibility index (Phi) is 5.03. The molecule has 1 aromatic rings. The summed E-state index contributed by atoms with van der Waals surface area (Å²) in [4.78, 5) is 11.9. The van der Waals surface area contributed by atoms with Gasteiger partial charge in [-0.05, 0) is 18.8 Å². The van der Waals surface area contributed by atoms with Crippen LogP contribution in [0, 0.1) is 35.0 Å². The lowest BCUT2D eigenvalue weighted by Crippen LogP contribution is -2.42. The van der Waals surface area contributed by atoms with Gasteiger partial charge < -0.3 is 5.32 Å². The van der Waals surface area contributed by atoms with Gasteiger partial charge in [-0.2, -0.15) is 0 Å². The Hall–Kier alpha value is -1.66. The van der Waals surface area contributed by atoms with E-state index in [4.69, 9.17) is 0 Å². The third-order valence-corrected chi connectivity index (χ3v) is 4.10. The molecule has 0 aliphatic heterocycles. The van der Waals surface area contributed by atoms with Crippen LogP contribution in [0.5, 0.6) is 0 Å². The molecule has 22 heavy (non-hydrogen) atoms. The highest BCUT2D eigenvalue weighted by molar-refractivity contribution is 5.79. The summed E-state index contributed by atoms with van der Waals surface area (Å²) in [7, 11) is 0. The van der Waals surface area contributed by atoms with Gasteiger partial charge in [-0.1, -0.05) is 19.8 Å². The van der Waals surface area contributed by atoms with Gasteiger partial charge >= 0.3 is 0 Å². The van der Waals surface area contributed by atoms with Crippen molar-refractivity contribution in [1.82, 2.24) is 5.32 Å². The van der Waals surface area contributed by atoms with Gasteiger partial charge in [-0.3, -0.25) is 4.79 Å². The Balaban J connectivity index is 2.15. The first kappa shape index (κ1) is 16.7. The van der Waals surface area contributed by atoms with E-state index in [-0.39, 0.29) is 12.0 Å². The van der Waals surface area contributed by atoms with Crippen molar-refractivity contribution >= 4 is 5.91 Å². The lowest BCUT2D eigenvalue weighted by Gasteiger charge is -2.29. The number of rotatable bonds is 3. The zero-order valence-electron chi connectivity index (χ0n) is 12.0. The Labute approximate surface area is 124 Å². The molecule has 1 aromatic carbocycles. The lowest BCUT2D eigenvalue weighted by molar-refractivity contribution is -0.121. The van der Waals surface area contributed by atoms with Crippen LogP contribution in [0.15, 0.2) is 0 Å². The molecule has 1 fully saturated rings. The van der Waals surface area contributed by atoms with Crippen molar-refractivity contribution in [2.75, 3.05) is 0 Å². The summed E-state index contributed by atoms with van der Waals surface area (Å²) >= 11 is 0. The summed E-state index contributed by atoms with van der Waals surface area (Å²) in [5.74, 6) is -10.7. The molecule has 0 aromatic heterocycles. The van der Waals surface area contributed by atoms with Crippen LogP contribution in [0.3, 0.4) is 0 Å². The Bertz CT molecular complexity index is 561. The maximum atomic E-state index is 13.5. The molecule has 1 N–H and O–H groups in total. The minimum atomic E-state index is -2.22. The van der Waals surface area contributed by atoms with Crippen molar-refractivity contribution < 1.29 is 26.7 Å². The average Bonchev–Trinajstić information content (AvgIpc) is 2.50. The molecule has 0 unspecified atom stereocenters. The summed E-state index contributed by atoms with van der Waals surface area (Å²) < 4.78 is 66.1. The number of amides is 1. The third kappa shape index (κ3) is 3.23. The summed E-state index contributed by atoms with van der Waals surface area (Å²) in [6, 6.07) is -0.137. The second-order valence-electron chi connectivity index (χ2n) is 5.66. The van der Waals surface area contributed by atoms with E-state index in [9.17, 15) is 26.7 Å². The Morgan fingerprint density at radius 1 is 0.955 bits per heavy atom. The predicted octanol–water partition coefficient (Wildman–Crippen LogP) is 3.62. The second-order valence-corrected chi connectivity index (χ2v) is 5.66. The largest absolute Gasteiger partial charge is 0.353 e. The average molecular weight is 321 g/mol. The fourth-order valence-electron chi connectivity index (χ4n) is 2.75. The molecule has 1 amide bonds. The van der Waals surface area contributed by atoms with E-state index >= 15 is 0 Å². The van der Waals surface area contributed by atoms with E-state index in [1.165, 1.54) is 0 Å². The zero-order valence-corrected chi connectivity index (χ0v) is 12.0. The standard InChI is InChI=1S/C15H16F5NO/c1-7-4-2-3-5-9(7)21-10(22)6-8-11(16)13(18)15(20)14(19)12(8)17/h7,9H,2-6H2,1H3,(H,21,22)/t7-,9-/m0/s1. The number of halogens is 5. The molecule has 2 atom stereocenters. The minimum Gasteiger partial charge on any atom is -0.353 e. The molecule has 1 saturated carbocycles. The topological polar surface area (TPSA) is 29.1 Å². The molecule has 2 rings (SSSR count). The molecular formula is C15H16F5NO. The highest BCUT2D eigenvalue weighted by Gasteiger charge is 2.28. The number of carbonyl (C=O) groups excluding carboxylic acids is 1. The molecule has 0 heterocycles. The summed E-state index contributed by atoms with van der Waals surface area (Å²) in [5, 5.41) is 2.61. The first-order valence-corrected chi connectivity index (χ1v) is 7.12. The molecule has 0 radical (unpaired) electrons. The molecular weight excluding hydrogens is 305 g/mol. The molecule has 1 aliphatic rings. The number of benzene rings is 1. The molecule has 2 nitrogen and oxygen atoms in total. The van der Waals surface area contributed by atoms with E-state index in [0.29, 0.717) is 0 Å². The number of hydrogen-bond acceptors (Lipinski definition) is 1. The van der Waals surface area contributed by atoms with Crippen LogP contribution in [-0.4, -0.2) is 11.9 Å². The maximum Gasteiger partial charge on any atom is 0.224 e. The third-order valence-electron chi connectivity index (χ3n) is 4.10. The monoisotopic (exact) mass is 321 g/mol. The van der Waals surface area contributed by atoms with E-state index in [1.807, 2.05) is 6.92 Å². The van der Waals surface area contributed by atoms with E-state index in [2.05, 4.69) is 5.32 Å². The first-order chi connectivity index (χ1) is 10.3. The highest BCUT2D eigenvalue weighted by Crippen LogP contribution is 2.25. The summed E-state index contributed by atoms with van der Waals surface area (Å²) in [5.41, 5.74) is -1.10. The maximum absolute atomic E-state index is 13.5. The molecule has 0 spiro atoms. The fraction of sp³-hybridized carbons (Fsp3) is 0.533. The van der Waals surface area contributed by atoms with E-state index in [0.717, 1.165) is 25.7 Å². The highest BCUT2D eigenvalue weighted by atomic mass is 19.2. The number of hydrogen-bond donors (Lipinski definition) is 1. The van der Waals surface area contributed by atoms with Gasteiger partial charge in [0.25, 0.3) is 0 Å². The van der Waals surface area contributed by atoms with Crippen molar-refractivity contribution in [3.05, 3.63) is 34.6 Å². The van der Waals surface area contributed by atoms with Gasteiger partial charge in [-0.15, -0.1) is 0 Å². The van der Waals surface area contributed by atoms with Crippen molar-refractivity contribution in [2.45, 2.75) is 45.1 Å². The van der Waals surface area contributed by atoms with Gasteiger partial charge in [0.1, 0.15) is 0 Å². The first-order valence-electron chi connectivity index (χ1n) is 7.12. The Morgan fingerprint density at radius 2 is 1.45 bits per heavy atom. The number of nitrogens with one attached hydrogen (secondary N) is 1. The smallest absolute Gasteiger partial charge is 0.224 e. The molecule has 122 valence electrons. The van der Waals surface area contributed by atoms with Gasteiger partial charge in [-0.25, -0.2) is 22.0 Å². The lowest BCUT2D eigenvalue weighted by atomic mass is 9.86. The van der Waals surface area contributed by atoms with Crippen LogP contribution >= 0.6 is 0 Å². The van der Waals surface area contributed by atoms with Crippen molar-refractivity contribution in [3.8, 4) is 0 Å². The van der Waals surface area contributed by atoms with Gasteiger partial charge in [0, 0.05) is 11.6 Å². The van der Waals surface area contributed by atoms with Gasteiger partial charge in [0.05, 0.1) is 6.42 Å². The predicted molar refractivity (Wildman–Crippen MR) is 69.5 cm³/mol. The SMILES string of the molecule is C[C@H]1CCCC[C@@H]1NC(=O)Cc1c(F)c(F)c(F)c(F)c1F. The van der Waals surface area contributed by atoms with Crippen LogP contribution in [0.1, 0.15) is 38.2 Å². The van der Waals surface area contributed by atoms with Crippen LogP contribution < -0.4 is 5.32 Å². The second kappa shape index (κ2) is 6.62. The summed E-state index contributed by atoms with van der Waals surface area (Å²) in [6.45, 7) is 1.95. The van der Waals surface area contributed by atoms with Crippen molar-refractivity contribution in [1.29, 1.82) is 0 Å².